The molecule has 0 spiro atoms. The van der Waals surface area contributed by atoms with E-state index in [0.717, 1.165) is 29.2 Å². The third kappa shape index (κ3) is 3.99. The second-order valence-corrected chi connectivity index (χ2v) is 6.74. The lowest BCUT2D eigenvalue weighted by Gasteiger charge is -2.17. The molecule has 1 aliphatic rings. The van der Waals surface area contributed by atoms with Crippen molar-refractivity contribution in [3.05, 3.63) is 41.5 Å². The van der Waals surface area contributed by atoms with Crippen LogP contribution in [0.5, 0.6) is 0 Å². The van der Waals surface area contributed by atoms with E-state index in [0.29, 0.717) is 4.58 Å². The molecule has 5 heteroatoms. The monoisotopic (exact) mass is 290 g/mol. The number of thioether (sulfide) groups is 2. The number of benzene rings is 1. The molecule has 0 atom stereocenters. The first kappa shape index (κ1) is 13.9. The average Bonchev–Trinajstić information content (AvgIpc) is 2.37. The number of rotatable bonds is 2. The SMILES string of the molecule is FC(F)(F)c1ccc(/C=C\C2SCCCS2)cc1. The third-order valence-electron chi connectivity index (χ3n) is 2.54. The van der Waals surface area contributed by atoms with Gasteiger partial charge in [-0.1, -0.05) is 24.3 Å². The molecule has 18 heavy (non-hydrogen) atoms. The quantitative estimate of drug-likeness (QED) is 0.758. The molecule has 0 aliphatic carbocycles. The van der Waals surface area contributed by atoms with Crippen LogP contribution in [0.4, 0.5) is 13.2 Å². The van der Waals surface area contributed by atoms with Gasteiger partial charge < -0.3 is 0 Å². The van der Waals surface area contributed by atoms with Gasteiger partial charge in [-0.05, 0) is 35.6 Å². The van der Waals surface area contributed by atoms with E-state index in [1.165, 1.54) is 18.6 Å². The predicted molar refractivity (Wildman–Crippen MR) is 73.8 cm³/mol. The first-order valence-corrected chi connectivity index (χ1v) is 7.74. The van der Waals surface area contributed by atoms with Crippen molar-refractivity contribution in [1.82, 2.24) is 0 Å². The Morgan fingerprint density at radius 1 is 1.06 bits per heavy atom. The highest BCUT2D eigenvalue weighted by atomic mass is 32.2. The van der Waals surface area contributed by atoms with Crippen LogP contribution in [0.15, 0.2) is 30.3 Å². The van der Waals surface area contributed by atoms with Crippen LogP contribution in [0.3, 0.4) is 0 Å². The minimum Gasteiger partial charge on any atom is -0.166 e. The highest BCUT2D eigenvalue weighted by molar-refractivity contribution is 8.17. The topological polar surface area (TPSA) is 0 Å². The summed E-state index contributed by atoms with van der Waals surface area (Å²) in [4.78, 5) is 0. The van der Waals surface area contributed by atoms with Crippen LogP contribution in [0.25, 0.3) is 6.08 Å². The third-order valence-corrected chi connectivity index (χ3v) is 5.37. The molecule has 1 fully saturated rings. The van der Waals surface area contributed by atoms with E-state index in [4.69, 9.17) is 0 Å². The Balaban J connectivity index is 1.99. The van der Waals surface area contributed by atoms with Gasteiger partial charge in [-0.15, -0.1) is 23.5 Å². The highest BCUT2D eigenvalue weighted by Crippen LogP contribution is 2.32. The maximum absolute atomic E-state index is 12.4. The maximum Gasteiger partial charge on any atom is 0.416 e. The number of alkyl halides is 3. The zero-order valence-electron chi connectivity index (χ0n) is 9.61. The van der Waals surface area contributed by atoms with E-state index in [-0.39, 0.29) is 0 Å². The van der Waals surface area contributed by atoms with Crippen molar-refractivity contribution < 1.29 is 13.2 Å². The van der Waals surface area contributed by atoms with Crippen molar-refractivity contribution in [2.24, 2.45) is 0 Å². The molecule has 0 unspecified atom stereocenters. The van der Waals surface area contributed by atoms with E-state index in [9.17, 15) is 13.2 Å². The lowest BCUT2D eigenvalue weighted by Crippen LogP contribution is -2.04. The van der Waals surface area contributed by atoms with Crippen LogP contribution < -0.4 is 0 Å². The number of hydrogen-bond acceptors (Lipinski definition) is 2. The van der Waals surface area contributed by atoms with E-state index < -0.39 is 11.7 Å². The van der Waals surface area contributed by atoms with Crippen molar-refractivity contribution in [3.8, 4) is 0 Å². The summed E-state index contributed by atoms with van der Waals surface area (Å²) >= 11 is 3.77. The zero-order chi connectivity index (χ0) is 13.0. The molecular weight excluding hydrogens is 277 g/mol. The van der Waals surface area contributed by atoms with Crippen molar-refractivity contribution >= 4 is 29.6 Å². The molecule has 0 radical (unpaired) electrons. The van der Waals surface area contributed by atoms with Crippen LogP contribution in [0.2, 0.25) is 0 Å². The van der Waals surface area contributed by atoms with Gasteiger partial charge in [0.05, 0.1) is 10.1 Å². The van der Waals surface area contributed by atoms with Gasteiger partial charge in [0.2, 0.25) is 0 Å². The van der Waals surface area contributed by atoms with Crippen molar-refractivity contribution in [1.29, 1.82) is 0 Å². The van der Waals surface area contributed by atoms with Gasteiger partial charge in [-0.3, -0.25) is 0 Å². The van der Waals surface area contributed by atoms with Crippen LogP contribution in [0.1, 0.15) is 17.5 Å². The van der Waals surface area contributed by atoms with Gasteiger partial charge in [0.25, 0.3) is 0 Å². The second-order valence-electron chi connectivity index (χ2n) is 3.94. The van der Waals surface area contributed by atoms with Gasteiger partial charge >= 0.3 is 6.18 Å². The summed E-state index contributed by atoms with van der Waals surface area (Å²) < 4.78 is 37.5. The van der Waals surface area contributed by atoms with E-state index in [1.54, 1.807) is 0 Å². The standard InChI is InChI=1S/C13H13F3S2/c14-13(15,16)11-5-2-10(3-6-11)4-7-12-17-8-1-9-18-12/h2-7,12H,1,8-9H2/b7-4-. The molecule has 1 aliphatic heterocycles. The van der Waals surface area contributed by atoms with Gasteiger partial charge in [0.15, 0.2) is 0 Å². The van der Waals surface area contributed by atoms with E-state index in [1.807, 2.05) is 29.6 Å². The van der Waals surface area contributed by atoms with Gasteiger partial charge in [-0.25, -0.2) is 0 Å². The Kier molecular flexibility index (Phi) is 4.67. The molecule has 1 saturated heterocycles. The van der Waals surface area contributed by atoms with Gasteiger partial charge in [0, 0.05) is 0 Å². The highest BCUT2D eigenvalue weighted by Gasteiger charge is 2.29. The maximum atomic E-state index is 12.4. The largest absolute Gasteiger partial charge is 0.416 e. The Hall–Kier alpha value is -0.550. The van der Waals surface area contributed by atoms with Crippen molar-refractivity contribution in [3.63, 3.8) is 0 Å². The fourth-order valence-electron chi connectivity index (χ4n) is 1.59. The van der Waals surface area contributed by atoms with E-state index in [2.05, 4.69) is 6.08 Å². The normalized spacial score (nSPS) is 18.4. The minimum atomic E-state index is -4.25. The van der Waals surface area contributed by atoms with Crippen molar-refractivity contribution in [2.75, 3.05) is 11.5 Å². The van der Waals surface area contributed by atoms with Crippen LogP contribution in [-0.2, 0) is 6.18 Å². The lowest BCUT2D eigenvalue weighted by molar-refractivity contribution is -0.137. The molecule has 0 nitrogen and oxygen atoms in total. The lowest BCUT2D eigenvalue weighted by atomic mass is 10.1. The van der Waals surface area contributed by atoms with Gasteiger partial charge in [-0.2, -0.15) is 13.2 Å². The predicted octanol–water partition coefficient (Wildman–Crippen LogP) is 4.91. The van der Waals surface area contributed by atoms with Gasteiger partial charge in [0.1, 0.15) is 0 Å². The molecule has 0 bridgehead atoms. The van der Waals surface area contributed by atoms with E-state index >= 15 is 0 Å². The summed E-state index contributed by atoms with van der Waals surface area (Å²) in [5.41, 5.74) is 0.218. The summed E-state index contributed by atoms with van der Waals surface area (Å²) in [6, 6.07) is 5.27. The molecule has 2 rings (SSSR count). The summed E-state index contributed by atoms with van der Waals surface area (Å²) in [5, 5.41) is 0. The molecule has 0 amide bonds. The Bertz CT molecular complexity index is 403. The fourth-order valence-corrected chi connectivity index (χ4v) is 4.20. The van der Waals surface area contributed by atoms with Crippen LogP contribution in [0, 0.1) is 0 Å². The number of halogens is 3. The van der Waals surface area contributed by atoms with Crippen molar-refractivity contribution in [2.45, 2.75) is 17.2 Å². The number of hydrogen-bond donors (Lipinski definition) is 0. The molecule has 1 heterocycles. The molecule has 98 valence electrons. The molecular formula is C13H13F3S2. The Morgan fingerprint density at radius 2 is 1.67 bits per heavy atom. The van der Waals surface area contributed by atoms with Crippen LogP contribution in [-0.4, -0.2) is 16.1 Å². The zero-order valence-corrected chi connectivity index (χ0v) is 11.2. The second kappa shape index (κ2) is 6.06. The summed E-state index contributed by atoms with van der Waals surface area (Å²) in [6.45, 7) is 0. The summed E-state index contributed by atoms with van der Waals surface area (Å²) in [5.74, 6) is 2.32. The average molecular weight is 290 g/mol. The first-order chi connectivity index (χ1) is 8.55. The summed E-state index contributed by atoms with van der Waals surface area (Å²) in [6.07, 6.45) is 0.949. The first-order valence-electron chi connectivity index (χ1n) is 5.64. The van der Waals surface area contributed by atoms with Crippen LogP contribution >= 0.6 is 23.5 Å². The smallest absolute Gasteiger partial charge is 0.166 e. The molecule has 0 aromatic heterocycles. The minimum absolute atomic E-state index is 0.432. The fraction of sp³-hybridized carbons (Fsp3) is 0.385. The molecule has 1 aromatic carbocycles. The molecule has 0 saturated carbocycles. The molecule has 0 N–H and O–H groups in total. The summed E-state index contributed by atoms with van der Waals surface area (Å²) in [7, 11) is 0. The molecule has 1 aromatic rings. The Labute approximate surface area is 113 Å². The Morgan fingerprint density at radius 3 is 2.22 bits per heavy atom.